The molecular weight excluding hydrogens is 230 g/mol. The van der Waals surface area contributed by atoms with Gasteiger partial charge in [0.05, 0.1) is 30.0 Å². The molecule has 1 fully saturated rings. The lowest BCUT2D eigenvalue weighted by Crippen LogP contribution is -2.56. The molecule has 0 spiro atoms. The molecule has 0 heterocycles. The van der Waals surface area contributed by atoms with Gasteiger partial charge in [0, 0.05) is 6.07 Å². The van der Waals surface area contributed by atoms with E-state index in [-0.39, 0.29) is 5.91 Å². The molecule has 3 N–H and O–H groups in total. The molecule has 0 unspecified atom stereocenters. The monoisotopic (exact) mass is 245 g/mol. The van der Waals surface area contributed by atoms with Crippen LogP contribution in [0.5, 0.6) is 5.75 Å². The molecule has 0 aromatic heterocycles. The molecule has 1 aliphatic carbocycles. The van der Waals surface area contributed by atoms with E-state index in [9.17, 15) is 4.79 Å². The van der Waals surface area contributed by atoms with Crippen LogP contribution in [0, 0.1) is 11.3 Å². The van der Waals surface area contributed by atoms with Crippen molar-refractivity contribution in [3.8, 4) is 11.8 Å². The quantitative estimate of drug-likeness (QED) is 0.842. The lowest BCUT2D eigenvalue weighted by Gasteiger charge is -2.36. The first-order valence-corrected chi connectivity index (χ1v) is 5.77. The molecule has 1 aromatic carbocycles. The van der Waals surface area contributed by atoms with Crippen molar-refractivity contribution in [2.45, 2.75) is 24.8 Å². The van der Waals surface area contributed by atoms with E-state index < -0.39 is 5.54 Å². The van der Waals surface area contributed by atoms with E-state index >= 15 is 0 Å². The van der Waals surface area contributed by atoms with Gasteiger partial charge in [-0.1, -0.05) is 0 Å². The largest absolute Gasteiger partial charge is 0.495 e. The van der Waals surface area contributed by atoms with Crippen molar-refractivity contribution in [2.24, 2.45) is 5.73 Å². The summed E-state index contributed by atoms with van der Waals surface area (Å²) in [5.74, 6) is 0.266. The number of nitriles is 1. The number of amides is 1. The van der Waals surface area contributed by atoms with Crippen molar-refractivity contribution in [3.05, 3.63) is 23.8 Å². The summed E-state index contributed by atoms with van der Waals surface area (Å²) in [7, 11) is 1.49. The Morgan fingerprint density at radius 1 is 1.56 bits per heavy atom. The summed E-state index contributed by atoms with van der Waals surface area (Å²) in [4.78, 5) is 12.0. The zero-order valence-electron chi connectivity index (χ0n) is 10.2. The maximum Gasteiger partial charge on any atom is 0.244 e. The minimum atomic E-state index is -0.751. The van der Waals surface area contributed by atoms with Crippen molar-refractivity contribution in [3.63, 3.8) is 0 Å². The van der Waals surface area contributed by atoms with Gasteiger partial charge in [-0.05, 0) is 31.4 Å². The van der Waals surface area contributed by atoms with E-state index in [2.05, 4.69) is 5.32 Å². The molecular formula is C13H15N3O2. The van der Waals surface area contributed by atoms with Gasteiger partial charge < -0.3 is 15.8 Å². The molecule has 94 valence electrons. The van der Waals surface area contributed by atoms with Crippen molar-refractivity contribution in [2.75, 3.05) is 12.4 Å². The third-order valence-corrected chi connectivity index (χ3v) is 3.28. The van der Waals surface area contributed by atoms with Crippen LogP contribution in [0.4, 0.5) is 5.69 Å². The number of carbonyl (C=O) groups excluding carboxylic acids is 1. The van der Waals surface area contributed by atoms with E-state index in [4.69, 9.17) is 15.7 Å². The highest BCUT2D eigenvalue weighted by Crippen LogP contribution is 2.32. The summed E-state index contributed by atoms with van der Waals surface area (Å²) < 4.78 is 5.15. The summed E-state index contributed by atoms with van der Waals surface area (Å²) in [5, 5.41) is 11.6. The molecule has 1 saturated carbocycles. The van der Waals surface area contributed by atoms with Gasteiger partial charge in [0.2, 0.25) is 5.91 Å². The lowest BCUT2D eigenvalue weighted by atomic mass is 9.77. The van der Waals surface area contributed by atoms with Crippen LogP contribution in [-0.2, 0) is 4.79 Å². The number of hydrogen-bond acceptors (Lipinski definition) is 4. The van der Waals surface area contributed by atoms with Crippen molar-refractivity contribution >= 4 is 11.6 Å². The van der Waals surface area contributed by atoms with Gasteiger partial charge in [-0.25, -0.2) is 0 Å². The van der Waals surface area contributed by atoms with E-state index in [1.165, 1.54) is 7.11 Å². The van der Waals surface area contributed by atoms with Crippen LogP contribution in [0.2, 0.25) is 0 Å². The Morgan fingerprint density at radius 3 is 2.78 bits per heavy atom. The van der Waals surface area contributed by atoms with Crippen LogP contribution < -0.4 is 15.8 Å². The normalized spacial score (nSPS) is 16.3. The molecule has 1 aliphatic rings. The average Bonchev–Trinajstić information content (AvgIpc) is 2.36. The van der Waals surface area contributed by atoms with Crippen LogP contribution >= 0.6 is 0 Å². The Bertz CT molecular complexity index is 515. The van der Waals surface area contributed by atoms with Gasteiger partial charge in [-0.3, -0.25) is 4.79 Å². The van der Waals surface area contributed by atoms with Crippen molar-refractivity contribution < 1.29 is 9.53 Å². The Balaban J connectivity index is 2.19. The van der Waals surface area contributed by atoms with Crippen LogP contribution in [0.25, 0.3) is 0 Å². The molecule has 0 radical (unpaired) electrons. The van der Waals surface area contributed by atoms with Crippen molar-refractivity contribution in [1.82, 2.24) is 0 Å². The van der Waals surface area contributed by atoms with Gasteiger partial charge >= 0.3 is 0 Å². The predicted octanol–water partition coefficient (Wildman–Crippen LogP) is 1.39. The number of benzene rings is 1. The highest BCUT2D eigenvalue weighted by atomic mass is 16.5. The summed E-state index contributed by atoms with van der Waals surface area (Å²) in [6.45, 7) is 0. The third-order valence-electron chi connectivity index (χ3n) is 3.28. The fourth-order valence-electron chi connectivity index (χ4n) is 1.90. The van der Waals surface area contributed by atoms with Crippen LogP contribution in [0.15, 0.2) is 18.2 Å². The molecule has 0 bridgehead atoms. The van der Waals surface area contributed by atoms with E-state index in [0.29, 0.717) is 29.8 Å². The van der Waals surface area contributed by atoms with E-state index in [0.717, 1.165) is 6.42 Å². The van der Waals surface area contributed by atoms with Gasteiger partial charge in [0.1, 0.15) is 5.75 Å². The first-order chi connectivity index (χ1) is 8.59. The zero-order valence-corrected chi connectivity index (χ0v) is 10.2. The Kier molecular flexibility index (Phi) is 3.21. The topological polar surface area (TPSA) is 88.1 Å². The predicted molar refractivity (Wildman–Crippen MR) is 67.1 cm³/mol. The molecule has 1 aromatic rings. The maximum absolute atomic E-state index is 12.0. The Morgan fingerprint density at radius 2 is 2.28 bits per heavy atom. The fraction of sp³-hybridized carbons (Fsp3) is 0.385. The van der Waals surface area contributed by atoms with Crippen LogP contribution in [0.3, 0.4) is 0 Å². The van der Waals surface area contributed by atoms with Crippen LogP contribution in [-0.4, -0.2) is 18.6 Å². The molecule has 5 nitrogen and oxygen atoms in total. The van der Waals surface area contributed by atoms with Gasteiger partial charge in [0.15, 0.2) is 0 Å². The number of carbonyl (C=O) groups is 1. The first-order valence-electron chi connectivity index (χ1n) is 5.77. The molecule has 1 amide bonds. The standard InChI is InChI=1S/C13H15N3O2/c1-18-11-7-9(8-14)3-4-10(11)16-12(17)13(15)5-2-6-13/h3-4,7H,2,5-6,15H2,1H3,(H,16,17). The molecule has 18 heavy (non-hydrogen) atoms. The molecule has 0 aliphatic heterocycles. The summed E-state index contributed by atoms with van der Waals surface area (Å²) in [6, 6.07) is 6.88. The number of hydrogen-bond donors (Lipinski definition) is 2. The molecule has 0 saturated heterocycles. The zero-order chi connectivity index (χ0) is 13.2. The second-order valence-electron chi connectivity index (χ2n) is 4.49. The van der Waals surface area contributed by atoms with Crippen molar-refractivity contribution in [1.29, 1.82) is 5.26 Å². The molecule has 0 atom stereocenters. The van der Waals surface area contributed by atoms with E-state index in [1.807, 2.05) is 6.07 Å². The number of nitrogens with one attached hydrogen (secondary N) is 1. The van der Waals surface area contributed by atoms with Gasteiger partial charge in [0.25, 0.3) is 0 Å². The maximum atomic E-state index is 12.0. The Hall–Kier alpha value is -2.06. The fourth-order valence-corrected chi connectivity index (χ4v) is 1.90. The minimum Gasteiger partial charge on any atom is -0.495 e. The van der Waals surface area contributed by atoms with E-state index in [1.54, 1.807) is 18.2 Å². The van der Waals surface area contributed by atoms with Crippen LogP contribution in [0.1, 0.15) is 24.8 Å². The molecule has 5 heteroatoms. The highest BCUT2D eigenvalue weighted by Gasteiger charge is 2.40. The first kappa shape index (κ1) is 12.4. The number of anilines is 1. The minimum absolute atomic E-state index is 0.197. The third kappa shape index (κ3) is 2.15. The summed E-state index contributed by atoms with van der Waals surface area (Å²) >= 11 is 0. The highest BCUT2D eigenvalue weighted by molar-refractivity contribution is 5.99. The lowest BCUT2D eigenvalue weighted by molar-refractivity contribution is -0.123. The van der Waals surface area contributed by atoms with Gasteiger partial charge in [-0.15, -0.1) is 0 Å². The summed E-state index contributed by atoms with van der Waals surface area (Å²) in [6.07, 6.45) is 2.39. The number of rotatable bonds is 3. The SMILES string of the molecule is COc1cc(C#N)ccc1NC(=O)C1(N)CCC1. The Labute approximate surface area is 106 Å². The number of ether oxygens (including phenoxy) is 1. The van der Waals surface area contributed by atoms with Gasteiger partial charge in [-0.2, -0.15) is 5.26 Å². The average molecular weight is 245 g/mol. The number of methoxy groups -OCH3 is 1. The number of nitrogens with zero attached hydrogens (tertiary/aromatic N) is 1. The summed E-state index contributed by atoms with van der Waals surface area (Å²) in [5.41, 5.74) is 6.21. The smallest absolute Gasteiger partial charge is 0.244 e. The number of nitrogens with two attached hydrogens (primary N) is 1. The molecule has 2 rings (SSSR count). The second kappa shape index (κ2) is 4.67. The second-order valence-corrected chi connectivity index (χ2v) is 4.49.